The summed E-state index contributed by atoms with van der Waals surface area (Å²) in [6, 6.07) is 0. The molecule has 0 bridgehead atoms. The van der Waals surface area contributed by atoms with Crippen LogP contribution in [0.4, 0.5) is 0 Å². The van der Waals surface area contributed by atoms with E-state index in [-0.39, 0.29) is 25.8 Å². The van der Waals surface area contributed by atoms with Gasteiger partial charge in [0, 0.05) is 0 Å². The quantitative estimate of drug-likeness (QED) is 0.534. The molecule has 2 rings (SSSR count). The van der Waals surface area contributed by atoms with Gasteiger partial charge in [-0.05, 0) is 0 Å². The Bertz CT molecular complexity index is 108. The van der Waals surface area contributed by atoms with Gasteiger partial charge in [0.2, 0.25) is 12.6 Å². The molecule has 0 saturated carbocycles. The van der Waals surface area contributed by atoms with Crippen molar-refractivity contribution >= 4 is 0 Å². The minimum Gasteiger partial charge on any atom is -0.394 e. The van der Waals surface area contributed by atoms with Crippen LogP contribution in [0.1, 0.15) is 0 Å². The number of ether oxygens (including phenoxy) is 1. The van der Waals surface area contributed by atoms with Crippen LogP contribution in [-0.4, -0.2) is 49.2 Å². The second kappa shape index (κ2) is 6.22. The molecule has 0 aliphatic carbocycles. The fraction of sp³-hybridized carbons (Fsp3) is 1.00. The van der Waals surface area contributed by atoms with Gasteiger partial charge in [-0.25, -0.2) is 19.6 Å². The van der Waals surface area contributed by atoms with Gasteiger partial charge in [0.15, 0.2) is 0 Å². The van der Waals surface area contributed by atoms with E-state index in [4.69, 9.17) is 14.9 Å². The molecule has 2 aliphatic heterocycles. The Hall–Kier alpha value is -0.280. The highest BCUT2D eigenvalue weighted by molar-refractivity contribution is 4.49. The molecular formula is C6H12O7. The van der Waals surface area contributed by atoms with Crippen molar-refractivity contribution < 1.29 is 34.5 Å². The normalized spacial score (nSPS) is 30.9. The summed E-state index contributed by atoms with van der Waals surface area (Å²) >= 11 is 0. The summed E-state index contributed by atoms with van der Waals surface area (Å²) in [6.45, 7) is 0.694. The zero-order chi connectivity index (χ0) is 9.52. The lowest BCUT2D eigenvalue weighted by Crippen LogP contribution is -2.43. The molecule has 2 atom stereocenters. The summed E-state index contributed by atoms with van der Waals surface area (Å²) in [4.78, 5) is 17.7. The van der Waals surface area contributed by atoms with Crippen LogP contribution < -0.4 is 0 Å². The van der Waals surface area contributed by atoms with Crippen LogP contribution >= 0.6 is 0 Å². The van der Waals surface area contributed by atoms with Crippen molar-refractivity contribution in [1.29, 1.82) is 0 Å². The van der Waals surface area contributed by atoms with Crippen molar-refractivity contribution in [3.8, 4) is 0 Å². The van der Waals surface area contributed by atoms with Gasteiger partial charge in [0.1, 0.15) is 13.2 Å². The maximum Gasteiger partial charge on any atom is 0.220 e. The lowest BCUT2D eigenvalue weighted by Gasteiger charge is -2.31. The van der Waals surface area contributed by atoms with Crippen LogP contribution in [0.2, 0.25) is 0 Å². The SMILES string of the molecule is C1OOC1OC1COO1.OCCO. The predicted molar refractivity (Wildman–Crippen MR) is 36.9 cm³/mol. The average Bonchev–Trinajstić information content (AvgIpc) is 1.99. The highest BCUT2D eigenvalue weighted by Crippen LogP contribution is 2.15. The molecule has 0 spiro atoms. The molecule has 0 aromatic carbocycles. The Kier molecular flexibility index (Phi) is 5.16. The van der Waals surface area contributed by atoms with Crippen LogP contribution in [0.25, 0.3) is 0 Å². The Morgan fingerprint density at radius 2 is 1.38 bits per heavy atom. The van der Waals surface area contributed by atoms with Gasteiger partial charge in [-0.2, -0.15) is 0 Å². The van der Waals surface area contributed by atoms with E-state index < -0.39 is 0 Å². The number of aliphatic hydroxyl groups excluding tert-OH is 2. The number of hydrogen-bond donors (Lipinski definition) is 2. The molecule has 0 amide bonds. The highest BCUT2D eigenvalue weighted by atomic mass is 17.3. The maximum absolute atomic E-state index is 7.62. The van der Waals surface area contributed by atoms with Crippen LogP contribution in [0, 0.1) is 0 Å². The van der Waals surface area contributed by atoms with Crippen molar-refractivity contribution in [1.82, 2.24) is 0 Å². The molecule has 2 N–H and O–H groups in total. The summed E-state index contributed by atoms with van der Waals surface area (Å²) in [5.74, 6) is 0. The topological polar surface area (TPSA) is 86.6 Å². The van der Waals surface area contributed by atoms with E-state index in [1.54, 1.807) is 0 Å². The monoisotopic (exact) mass is 196 g/mol. The maximum atomic E-state index is 7.62. The lowest BCUT2D eigenvalue weighted by atomic mass is 10.6. The van der Waals surface area contributed by atoms with E-state index in [1.807, 2.05) is 0 Å². The minimum atomic E-state index is -0.265. The van der Waals surface area contributed by atoms with Gasteiger partial charge in [0.25, 0.3) is 0 Å². The summed E-state index contributed by atoms with van der Waals surface area (Å²) < 4.78 is 5.03. The summed E-state index contributed by atoms with van der Waals surface area (Å²) in [7, 11) is 0. The van der Waals surface area contributed by atoms with Gasteiger partial charge in [-0.15, -0.1) is 0 Å². The van der Waals surface area contributed by atoms with E-state index in [2.05, 4.69) is 19.6 Å². The van der Waals surface area contributed by atoms with Crippen molar-refractivity contribution in [2.24, 2.45) is 0 Å². The van der Waals surface area contributed by atoms with E-state index in [0.717, 1.165) is 0 Å². The van der Waals surface area contributed by atoms with Crippen LogP contribution in [-0.2, 0) is 24.3 Å². The van der Waals surface area contributed by atoms with Crippen LogP contribution in [0.15, 0.2) is 0 Å². The largest absolute Gasteiger partial charge is 0.394 e. The van der Waals surface area contributed by atoms with Crippen molar-refractivity contribution in [3.05, 3.63) is 0 Å². The van der Waals surface area contributed by atoms with Gasteiger partial charge >= 0.3 is 0 Å². The Morgan fingerprint density at radius 1 is 1.00 bits per heavy atom. The standard InChI is InChI=1S/C4H6O5.C2H6O2/c1-3(8-5-1)7-4-2-6-9-4;3-1-2-4/h3-4H,1-2H2;3-4H,1-2H2. The van der Waals surface area contributed by atoms with Crippen molar-refractivity contribution in [2.75, 3.05) is 26.4 Å². The zero-order valence-corrected chi connectivity index (χ0v) is 6.92. The Balaban J connectivity index is 0.000000184. The van der Waals surface area contributed by atoms with Gasteiger partial charge in [0.05, 0.1) is 13.2 Å². The summed E-state index contributed by atoms with van der Waals surface area (Å²) in [6.07, 6.45) is -0.530. The average molecular weight is 196 g/mol. The Labute approximate surface area is 74.6 Å². The molecule has 0 radical (unpaired) electrons. The van der Waals surface area contributed by atoms with Crippen molar-refractivity contribution in [3.63, 3.8) is 0 Å². The minimum absolute atomic E-state index is 0.125. The molecule has 78 valence electrons. The lowest BCUT2D eigenvalue weighted by molar-refractivity contribution is -0.552. The van der Waals surface area contributed by atoms with E-state index in [9.17, 15) is 0 Å². The molecule has 7 nitrogen and oxygen atoms in total. The first kappa shape index (κ1) is 10.8. The summed E-state index contributed by atoms with van der Waals surface area (Å²) in [5, 5.41) is 15.2. The van der Waals surface area contributed by atoms with Gasteiger partial charge in [-0.3, -0.25) is 0 Å². The molecule has 0 aromatic heterocycles. The third kappa shape index (κ3) is 3.96. The van der Waals surface area contributed by atoms with Crippen LogP contribution in [0.3, 0.4) is 0 Å². The molecule has 2 fully saturated rings. The van der Waals surface area contributed by atoms with Gasteiger partial charge in [-0.1, -0.05) is 0 Å². The first-order valence-electron chi connectivity index (χ1n) is 3.80. The Morgan fingerprint density at radius 3 is 1.54 bits per heavy atom. The molecule has 2 saturated heterocycles. The third-order valence-electron chi connectivity index (χ3n) is 1.16. The second-order valence-corrected chi connectivity index (χ2v) is 2.20. The van der Waals surface area contributed by atoms with E-state index >= 15 is 0 Å². The smallest absolute Gasteiger partial charge is 0.220 e. The fourth-order valence-corrected chi connectivity index (χ4v) is 0.540. The fourth-order valence-electron chi connectivity index (χ4n) is 0.540. The zero-order valence-electron chi connectivity index (χ0n) is 6.92. The summed E-state index contributed by atoms with van der Waals surface area (Å²) in [5.41, 5.74) is 0. The van der Waals surface area contributed by atoms with E-state index in [1.165, 1.54) is 0 Å². The second-order valence-electron chi connectivity index (χ2n) is 2.20. The number of rotatable bonds is 3. The molecule has 2 aliphatic rings. The third-order valence-corrected chi connectivity index (χ3v) is 1.16. The number of hydrogen-bond acceptors (Lipinski definition) is 7. The van der Waals surface area contributed by atoms with Crippen LogP contribution in [0.5, 0.6) is 0 Å². The first-order valence-corrected chi connectivity index (χ1v) is 3.80. The molecule has 2 heterocycles. The molecule has 13 heavy (non-hydrogen) atoms. The highest BCUT2D eigenvalue weighted by Gasteiger charge is 2.30. The molecule has 2 unspecified atom stereocenters. The van der Waals surface area contributed by atoms with E-state index in [0.29, 0.717) is 13.2 Å². The molecule has 0 aromatic rings. The van der Waals surface area contributed by atoms with Gasteiger partial charge < -0.3 is 14.9 Å². The molecular weight excluding hydrogens is 184 g/mol. The number of aliphatic hydroxyl groups is 2. The first-order chi connectivity index (χ1) is 6.36. The van der Waals surface area contributed by atoms with Crippen molar-refractivity contribution in [2.45, 2.75) is 12.6 Å². The predicted octanol–water partition coefficient (Wildman–Crippen LogP) is -1.45. The molecule has 7 heteroatoms.